The third kappa shape index (κ3) is 1.79. The molecular weight excluding hydrogens is 76.1 g/mol. The molecule has 0 fully saturated rings. The van der Waals surface area contributed by atoms with Gasteiger partial charge >= 0.3 is 0 Å². The summed E-state index contributed by atoms with van der Waals surface area (Å²) in [5, 5.41) is 0. The predicted molar refractivity (Wildman–Crippen MR) is 26.8 cm³/mol. The highest BCUT2D eigenvalue weighted by molar-refractivity contribution is 4.85. The summed E-state index contributed by atoms with van der Waals surface area (Å²) in [7, 11) is 0. The molecule has 0 saturated heterocycles. The Hall–Kier alpha value is -0.500. The molecule has 0 unspecified atom stereocenters. The maximum atomic E-state index is 4.93. The van der Waals surface area contributed by atoms with E-state index in [0.717, 1.165) is 12.1 Å². The lowest BCUT2D eigenvalue weighted by atomic mass is 10.4. The maximum absolute atomic E-state index is 4.93. The van der Waals surface area contributed by atoms with Crippen molar-refractivity contribution in [2.75, 3.05) is 0 Å². The minimum atomic E-state index is 0.870. The van der Waals surface area contributed by atoms with Gasteiger partial charge in [0.1, 0.15) is 0 Å². The average Bonchev–Trinajstić information content (AvgIpc) is 1.65. The van der Waals surface area contributed by atoms with Gasteiger partial charge in [-0.15, -0.1) is 0 Å². The topological polar surface area (TPSA) is 38.0 Å². The molecule has 3 N–H and O–H groups in total. The zero-order valence-corrected chi connectivity index (χ0v) is 3.99. The standard InChI is InChI=1S/C4H10N2/c1-3-4(2)6-5/h6H,2-3,5H2,1H3. The molecule has 0 atom stereocenters. The van der Waals surface area contributed by atoms with E-state index in [9.17, 15) is 0 Å². The van der Waals surface area contributed by atoms with Crippen molar-refractivity contribution in [2.24, 2.45) is 5.84 Å². The van der Waals surface area contributed by atoms with E-state index in [1.54, 1.807) is 0 Å². The fourth-order valence-electron chi connectivity index (χ4n) is 0.102. The highest BCUT2D eigenvalue weighted by Crippen LogP contribution is 1.83. The Balaban J connectivity index is 2.99. The molecule has 2 nitrogen and oxygen atoms in total. The van der Waals surface area contributed by atoms with E-state index < -0.39 is 0 Å². The van der Waals surface area contributed by atoms with Crippen LogP contribution in [0.25, 0.3) is 0 Å². The van der Waals surface area contributed by atoms with Crippen LogP contribution < -0.4 is 11.3 Å². The normalized spacial score (nSPS) is 7.67. The molecule has 6 heavy (non-hydrogen) atoms. The van der Waals surface area contributed by atoms with Crippen molar-refractivity contribution in [3.63, 3.8) is 0 Å². The van der Waals surface area contributed by atoms with Crippen molar-refractivity contribution in [1.29, 1.82) is 0 Å². The number of hydrogen-bond acceptors (Lipinski definition) is 2. The molecule has 0 bridgehead atoms. The summed E-state index contributed by atoms with van der Waals surface area (Å²) in [6, 6.07) is 0. The highest BCUT2D eigenvalue weighted by atomic mass is 15.2. The largest absolute Gasteiger partial charge is 0.329 e. The second-order valence-corrected chi connectivity index (χ2v) is 1.10. The molecule has 0 aromatic heterocycles. The number of nitrogens with two attached hydrogens (primary N) is 1. The minimum absolute atomic E-state index is 0.870. The van der Waals surface area contributed by atoms with Crippen LogP contribution in [-0.4, -0.2) is 0 Å². The van der Waals surface area contributed by atoms with E-state index in [4.69, 9.17) is 5.84 Å². The second kappa shape index (κ2) is 2.72. The molecule has 0 aliphatic heterocycles. The zero-order chi connectivity index (χ0) is 4.99. The summed E-state index contributed by atoms with van der Waals surface area (Å²) in [6.07, 6.45) is 0.899. The van der Waals surface area contributed by atoms with Gasteiger partial charge in [0.05, 0.1) is 0 Å². The Morgan fingerprint density at radius 1 is 2.00 bits per heavy atom. The maximum Gasteiger partial charge on any atom is 0.0184 e. The van der Waals surface area contributed by atoms with Gasteiger partial charge in [0, 0.05) is 5.70 Å². The van der Waals surface area contributed by atoms with Crippen LogP contribution in [0, 0.1) is 0 Å². The van der Waals surface area contributed by atoms with E-state index in [2.05, 4.69) is 12.0 Å². The summed E-state index contributed by atoms with van der Waals surface area (Å²) >= 11 is 0. The van der Waals surface area contributed by atoms with Gasteiger partial charge in [-0.1, -0.05) is 13.5 Å². The van der Waals surface area contributed by atoms with Crippen molar-refractivity contribution in [3.8, 4) is 0 Å². The van der Waals surface area contributed by atoms with Crippen LogP contribution in [-0.2, 0) is 0 Å². The minimum Gasteiger partial charge on any atom is -0.329 e. The van der Waals surface area contributed by atoms with Crippen molar-refractivity contribution in [1.82, 2.24) is 5.43 Å². The molecule has 0 saturated carbocycles. The first kappa shape index (κ1) is 5.50. The van der Waals surface area contributed by atoms with Crippen molar-refractivity contribution < 1.29 is 0 Å². The van der Waals surface area contributed by atoms with Crippen molar-refractivity contribution in [2.45, 2.75) is 13.3 Å². The SMILES string of the molecule is C=C(CC)NN. The Labute approximate surface area is 38.0 Å². The number of nitrogens with one attached hydrogen (secondary N) is 1. The smallest absolute Gasteiger partial charge is 0.0184 e. The molecule has 0 aliphatic carbocycles. The fourth-order valence-corrected chi connectivity index (χ4v) is 0.102. The summed E-state index contributed by atoms with van der Waals surface area (Å²) in [5.74, 6) is 4.93. The molecule has 0 rings (SSSR count). The van der Waals surface area contributed by atoms with Gasteiger partial charge in [-0.05, 0) is 6.42 Å². The van der Waals surface area contributed by atoms with Crippen LogP contribution in [0.2, 0.25) is 0 Å². The molecule has 0 heterocycles. The van der Waals surface area contributed by atoms with Crippen LogP contribution >= 0.6 is 0 Å². The van der Waals surface area contributed by atoms with Gasteiger partial charge in [0.15, 0.2) is 0 Å². The number of hydrazine groups is 1. The van der Waals surface area contributed by atoms with Crippen molar-refractivity contribution >= 4 is 0 Å². The third-order valence-electron chi connectivity index (χ3n) is 0.631. The zero-order valence-electron chi connectivity index (χ0n) is 3.99. The Morgan fingerprint density at radius 2 is 2.50 bits per heavy atom. The molecule has 36 valence electrons. The Bertz CT molecular complexity index is 43.5. The van der Waals surface area contributed by atoms with E-state index in [1.165, 1.54) is 0 Å². The van der Waals surface area contributed by atoms with Crippen LogP contribution in [0.15, 0.2) is 12.3 Å². The van der Waals surface area contributed by atoms with Crippen LogP contribution in [0.3, 0.4) is 0 Å². The van der Waals surface area contributed by atoms with Gasteiger partial charge in [0.25, 0.3) is 0 Å². The van der Waals surface area contributed by atoms with Gasteiger partial charge in [0.2, 0.25) is 0 Å². The van der Waals surface area contributed by atoms with Crippen LogP contribution in [0.4, 0.5) is 0 Å². The molecule has 0 spiro atoms. The monoisotopic (exact) mass is 86.1 g/mol. The molecular formula is C4H10N2. The average molecular weight is 86.1 g/mol. The molecule has 0 aliphatic rings. The molecule has 2 heteroatoms. The van der Waals surface area contributed by atoms with Gasteiger partial charge in [-0.25, -0.2) is 0 Å². The molecule has 0 aromatic carbocycles. The first-order valence-corrected chi connectivity index (χ1v) is 1.95. The second-order valence-electron chi connectivity index (χ2n) is 1.10. The fraction of sp³-hybridized carbons (Fsp3) is 0.500. The first-order valence-electron chi connectivity index (χ1n) is 1.95. The summed E-state index contributed by atoms with van der Waals surface area (Å²) in [6.45, 7) is 5.54. The van der Waals surface area contributed by atoms with Crippen LogP contribution in [0.1, 0.15) is 13.3 Å². The number of allylic oxidation sites excluding steroid dienone is 1. The predicted octanol–water partition coefficient (Wildman–Crippen LogP) is 0.373. The third-order valence-corrected chi connectivity index (χ3v) is 0.631. The Kier molecular flexibility index (Phi) is 2.50. The highest BCUT2D eigenvalue weighted by Gasteiger charge is 1.75. The molecule has 0 radical (unpaired) electrons. The number of rotatable bonds is 2. The van der Waals surface area contributed by atoms with E-state index >= 15 is 0 Å². The Morgan fingerprint density at radius 3 is 2.50 bits per heavy atom. The van der Waals surface area contributed by atoms with Crippen molar-refractivity contribution in [3.05, 3.63) is 12.3 Å². The van der Waals surface area contributed by atoms with E-state index in [-0.39, 0.29) is 0 Å². The molecule has 0 aromatic rings. The molecule has 0 amide bonds. The van der Waals surface area contributed by atoms with Gasteiger partial charge in [-0.2, -0.15) is 0 Å². The summed E-state index contributed by atoms with van der Waals surface area (Å²) in [4.78, 5) is 0. The lowest BCUT2D eigenvalue weighted by Crippen LogP contribution is -2.19. The van der Waals surface area contributed by atoms with Crippen LogP contribution in [0.5, 0.6) is 0 Å². The quantitative estimate of drug-likeness (QED) is 0.376. The lowest BCUT2D eigenvalue weighted by Gasteiger charge is -1.94. The van der Waals surface area contributed by atoms with E-state index in [1.807, 2.05) is 6.92 Å². The summed E-state index contributed by atoms with van der Waals surface area (Å²) in [5.41, 5.74) is 3.29. The van der Waals surface area contributed by atoms with E-state index in [0.29, 0.717) is 0 Å². The number of hydrogen-bond donors (Lipinski definition) is 2. The lowest BCUT2D eigenvalue weighted by molar-refractivity contribution is 0.833. The first-order chi connectivity index (χ1) is 2.81. The van der Waals surface area contributed by atoms with Gasteiger partial charge < -0.3 is 5.43 Å². The van der Waals surface area contributed by atoms with Gasteiger partial charge in [-0.3, -0.25) is 5.84 Å². The summed E-state index contributed by atoms with van der Waals surface area (Å²) < 4.78 is 0.